The molecule has 0 aliphatic rings. The molecular weight excluding hydrogens is 268 g/mol. The molecule has 2 aromatic carbocycles. The van der Waals surface area contributed by atoms with E-state index in [-0.39, 0.29) is 16.7 Å². The Morgan fingerprint density at radius 2 is 2.00 bits per heavy atom. The van der Waals surface area contributed by atoms with E-state index in [2.05, 4.69) is 5.32 Å². The monoisotopic (exact) mass is 286 g/mol. The lowest BCUT2D eigenvalue weighted by Gasteiger charge is -2.16. The SMILES string of the molecule is CCOc1cccc(C(C)Nc2ccccc2[N+](=O)[O-])c1. The Morgan fingerprint density at radius 3 is 2.71 bits per heavy atom. The molecule has 0 saturated carbocycles. The van der Waals surface area contributed by atoms with Crippen LogP contribution in [0, 0.1) is 10.1 Å². The summed E-state index contributed by atoms with van der Waals surface area (Å²) in [5.41, 5.74) is 1.60. The van der Waals surface area contributed by atoms with E-state index >= 15 is 0 Å². The highest BCUT2D eigenvalue weighted by Gasteiger charge is 2.15. The average Bonchev–Trinajstić information content (AvgIpc) is 2.48. The Balaban J connectivity index is 2.20. The van der Waals surface area contributed by atoms with Crippen LogP contribution in [0.5, 0.6) is 5.75 Å². The molecule has 2 aromatic rings. The molecule has 0 amide bonds. The molecule has 5 nitrogen and oxygen atoms in total. The van der Waals surface area contributed by atoms with Crippen LogP contribution in [0.15, 0.2) is 48.5 Å². The summed E-state index contributed by atoms with van der Waals surface area (Å²) in [6.45, 7) is 4.50. The number of hydrogen-bond acceptors (Lipinski definition) is 4. The Labute approximate surface area is 123 Å². The van der Waals surface area contributed by atoms with Crippen LogP contribution < -0.4 is 10.1 Å². The second kappa shape index (κ2) is 6.74. The number of nitro groups is 1. The number of ether oxygens (including phenoxy) is 1. The van der Waals surface area contributed by atoms with Gasteiger partial charge in [-0.1, -0.05) is 24.3 Å². The van der Waals surface area contributed by atoms with Crippen LogP contribution in [0.3, 0.4) is 0 Å². The van der Waals surface area contributed by atoms with Crippen molar-refractivity contribution in [2.45, 2.75) is 19.9 Å². The van der Waals surface area contributed by atoms with Gasteiger partial charge in [-0.3, -0.25) is 10.1 Å². The lowest BCUT2D eigenvalue weighted by molar-refractivity contribution is -0.384. The molecule has 110 valence electrons. The molecule has 0 bridgehead atoms. The van der Waals surface area contributed by atoms with E-state index < -0.39 is 0 Å². The van der Waals surface area contributed by atoms with E-state index in [1.54, 1.807) is 18.2 Å². The maximum Gasteiger partial charge on any atom is 0.292 e. The first-order valence-corrected chi connectivity index (χ1v) is 6.84. The van der Waals surface area contributed by atoms with Crippen molar-refractivity contribution in [1.29, 1.82) is 0 Å². The molecule has 0 aromatic heterocycles. The molecule has 0 heterocycles. The van der Waals surface area contributed by atoms with Crippen LogP contribution in [0.25, 0.3) is 0 Å². The van der Waals surface area contributed by atoms with Crippen LogP contribution in [0.4, 0.5) is 11.4 Å². The van der Waals surface area contributed by atoms with Crippen LogP contribution >= 0.6 is 0 Å². The van der Waals surface area contributed by atoms with Crippen molar-refractivity contribution in [3.63, 3.8) is 0 Å². The van der Waals surface area contributed by atoms with E-state index in [9.17, 15) is 10.1 Å². The zero-order valence-electron chi connectivity index (χ0n) is 12.1. The zero-order valence-corrected chi connectivity index (χ0v) is 12.1. The van der Waals surface area contributed by atoms with E-state index in [0.29, 0.717) is 12.3 Å². The third-order valence-electron chi connectivity index (χ3n) is 3.14. The van der Waals surface area contributed by atoms with Gasteiger partial charge in [0.05, 0.1) is 11.5 Å². The highest BCUT2D eigenvalue weighted by Crippen LogP contribution is 2.28. The third-order valence-corrected chi connectivity index (χ3v) is 3.14. The molecule has 0 saturated heterocycles. The van der Waals surface area contributed by atoms with E-state index in [0.717, 1.165) is 11.3 Å². The van der Waals surface area contributed by atoms with Crippen LogP contribution in [-0.2, 0) is 0 Å². The first-order chi connectivity index (χ1) is 10.1. The maximum absolute atomic E-state index is 11.0. The Morgan fingerprint density at radius 1 is 1.24 bits per heavy atom. The van der Waals surface area contributed by atoms with Crippen molar-refractivity contribution in [3.8, 4) is 5.75 Å². The smallest absolute Gasteiger partial charge is 0.292 e. The van der Waals surface area contributed by atoms with Crippen LogP contribution in [-0.4, -0.2) is 11.5 Å². The highest BCUT2D eigenvalue weighted by molar-refractivity contribution is 5.62. The normalized spacial score (nSPS) is 11.7. The molecule has 0 aliphatic heterocycles. The van der Waals surface area contributed by atoms with Crippen molar-refractivity contribution in [3.05, 3.63) is 64.2 Å². The van der Waals surface area contributed by atoms with Gasteiger partial charge in [0.2, 0.25) is 0 Å². The molecule has 5 heteroatoms. The van der Waals surface area contributed by atoms with Crippen LogP contribution in [0.2, 0.25) is 0 Å². The number of nitro benzene ring substituents is 1. The molecular formula is C16H18N2O3. The first kappa shape index (κ1) is 14.8. The standard InChI is InChI=1S/C16H18N2O3/c1-3-21-14-8-6-7-13(11-14)12(2)17-15-9-4-5-10-16(15)18(19)20/h4-12,17H,3H2,1-2H3. The highest BCUT2D eigenvalue weighted by atomic mass is 16.6. The summed E-state index contributed by atoms with van der Waals surface area (Å²) >= 11 is 0. The fourth-order valence-corrected chi connectivity index (χ4v) is 2.11. The lowest BCUT2D eigenvalue weighted by Crippen LogP contribution is -2.08. The molecule has 1 unspecified atom stereocenters. The predicted octanol–water partition coefficient (Wildman–Crippen LogP) is 4.17. The number of para-hydroxylation sites is 2. The Bertz CT molecular complexity index is 628. The second-order valence-electron chi connectivity index (χ2n) is 4.65. The van der Waals surface area contributed by atoms with Gasteiger partial charge in [-0.05, 0) is 37.6 Å². The minimum absolute atomic E-state index is 0.0634. The molecule has 1 atom stereocenters. The Kier molecular flexibility index (Phi) is 4.77. The molecule has 0 fully saturated rings. The van der Waals surface area contributed by atoms with Gasteiger partial charge >= 0.3 is 0 Å². The Hall–Kier alpha value is -2.56. The summed E-state index contributed by atoms with van der Waals surface area (Å²) in [6.07, 6.45) is 0. The predicted molar refractivity (Wildman–Crippen MR) is 82.7 cm³/mol. The minimum Gasteiger partial charge on any atom is -0.494 e. The van der Waals surface area contributed by atoms with Gasteiger partial charge in [0.15, 0.2) is 0 Å². The second-order valence-corrected chi connectivity index (χ2v) is 4.65. The number of nitrogens with zero attached hydrogens (tertiary/aromatic N) is 1. The molecule has 1 N–H and O–H groups in total. The summed E-state index contributed by atoms with van der Waals surface area (Å²) in [6, 6.07) is 14.3. The van der Waals surface area contributed by atoms with E-state index in [1.165, 1.54) is 6.07 Å². The van der Waals surface area contributed by atoms with E-state index in [4.69, 9.17) is 4.74 Å². The number of anilines is 1. The maximum atomic E-state index is 11.0. The number of benzene rings is 2. The third kappa shape index (κ3) is 3.72. The van der Waals surface area contributed by atoms with Gasteiger partial charge < -0.3 is 10.1 Å². The van der Waals surface area contributed by atoms with E-state index in [1.807, 2.05) is 38.1 Å². The zero-order chi connectivity index (χ0) is 15.2. The first-order valence-electron chi connectivity index (χ1n) is 6.84. The molecule has 0 radical (unpaired) electrons. The van der Waals surface area contributed by atoms with Gasteiger partial charge in [0.25, 0.3) is 5.69 Å². The van der Waals surface area contributed by atoms with Gasteiger partial charge in [0.1, 0.15) is 11.4 Å². The van der Waals surface area contributed by atoms with Gasteiger partial charge in [-0.15, -0.1) is 0 Å². The number of hydrogen-bond donors (Lipinski definition) is 1. The van der Waals surface area contributed by atoms with Gasteiger partial charge in [0, 0.05) is 12.1 Å². The van der Waals surface area contributed by atoms with Gasteiger partial charge in [-0.25, -0.2) is 0 Å². The van der Waals surface area contributed by atoms with Crippen LogP contribution in [0.1, 0.15) is 25.5 Å². The fraction of sp³-hybridized carbons (Fsp3) is 0.250. The quantitative estimate of drug-likeness (QED) is 0.639. The summed E-state index contributed by atoms with van der Waals surface area (Å²) < 4.78 is 5.47. The van der Waals surface area contributed by atoms with Crippen molar-refractivity contribution >= 4 is 11.4 Å². The average molecular weight is 286 g/mol. The lowest BCUT2D eigenvalue weighted by atomic mass is 10.1. The molecule has 2 rings (SSSR count). The summed E-state index contributed by atoms with van der Waals surface area (Å²) in [5, 5.41) is 14.2. The van der Waals surface area contributed by atoms with Crippen molar-refractivity contribution in [1.82, 2.24) is 0 Å². The van der Waals surface area contributed by atoms with Gasteiger partial charge in [-0.2, -0.15) is 0 Å². The molecule has 0 spiro atoms. The number of nitrogens with one attached hydrogen (secondary N) is 1. The summed E-state index contributed by atoms with van der Waals surface area (Å²) in [5.74, 6) is 0.797. The molecule has 21 heavy (non-hydrogen) atoms. The van der Waals surface area contributed by atoms with Crippen molar-refractivity contribution in [2.75, 3.05) is 11.9 Å². The summed E-state index contributed by atoms with van der Waals surface area (Å²) in [4.78, 5) is 10.6. The topological polar surface area (TPSA) is 64.4 Å². The fourth-order valence-electron chi connectivity index (χ4n) is 2.11. The number of rotatable bonds is 6. The van der Waals surface area contributed by atoms with Crippen molar-refractivity contribution < 1.29 is 9.66 Å². The largest absolute Gasteiger partial charge is 0.494 e. The van der Waals surface area contributed by atoms with Crippen molar-refractivity contribution in [2.24, 2.45) is 0 Å². The summed E-state index contributed by atoms with van der Waals surface area (Å²) in [7, 11) is 0. The minimum atomic E-state index is -0.383. The molecule has 0 aliphatic carbocycles.